The minimum atomic E-state index is -0.296. The number of hydrogen-bond donors (Lipinski definition) is 0. The van der Waals surface area contributed by atoms with Crippen LogP contribution < -0.4 is 4.74 Å². The zero-order valence-electron chi connectivity index (χ0n) is 17.8. The van der Waals surface area contributed by atoms with Crippen LogP contribution >= 0.6 is 0 Å². The van der Waals surface area contributed by atoms with E-state index in [9.17, 15) is 9.59 Å². The SMILES string of the molecule is CN(C)C(=O)C[C@@H]1CC2(CCN(C(=O)Cc3ccccc3)CC2)Oc2ccccc21. The standard InChI is InChI=1S/C25H30N2O3/c1-26(2)23(28)17-20-18-25(30-22-11-7-6-10-21(20)22)12-14-27(15-13-25)24(29)16-19-8-4-3-5-9-19/h3-11,20H,12-18H2,1-2H3/t20-/m1/s1. The monoisotopic (exact) mass is 406 g/mol. The van der Waals surface area contributed by atoms with Gasteiger partial charge in [0.25, 0.3) is 0 Å². The Bertz CT molecular complexity index is 902. The first-order chi connectivity index (χ1) is 14.5. The number of amides is 2. The van der Waals surface area contributed by atoms with Gasteiger partial charge < -0.3 is 14.5 Å². The zero-order chi connectivity index (χ0) is 21.1. The van der Waals surface area contributed by atoms with Gasteiger partial charge in [-0.2, -0.15) is 0 Å². The number of piperidine rings is 1. The smallest absolute Gasteiger partial charge is 0.226 e. The summed E-state index contributed by atoms with van der Waals surface area (Å²) in [6.45, 7) is 1.39. The van der Waals surface area contributed by atoms with Gasteiger partial charge in [0.2, 0.25) is 11.8 Å². The number of ether oxygens (including phenoxy) is 1. The van der Waals surface area contributed by atoms with Crippen molar-refractivity contribution in [2.75, 3.05) is 27.2 Å². The van der Waals surface area contributed by atoms with Gasteiger partial charge in [-0.05, 0) is 23.6 Å². The highest BCUT2D eigenvalue weighted by molar-refractivity contribution is 5.79. The van der Waals surface area contributed by atoms with Gasteiger partial charge in [0.15, 0.2) is 0 Å². The molecule has 2 aliphatic heterocycles. The zero-order valence-corrected chi connectivity index (χ0v) is 17.8. The maximum Gasteiger partial charge on any atom is 0.226 e. The summed E-state index contributed by atoms with van der Waals surface area (Å²) >= 11 is 0. The van der Waals surface area contributed by atoms with Crippen LogP contribution in [0.15, 0.2) is 54.6 Å². The lowest BCUT2D eigenvalue weighted by Crippen LogP contribution is -2.52. The summed E-state index contributed by atoms with van der Waals surface area (Å²) in [6, 6.07) is 18.0. The molecule has 2 aliphatic rings. The van der Waals surface area contributed by atoms with Crippen molar-refractivity contribution in [3.63, 3.8) is 0 Å². The Morgan fingerprint density at radius 3 is 2.40 bits per heavy atom. The van der Waals surface area contributed by atoms with Gasteiger partial charge in [0, 0.05) is 52.4 Å². The topological polar surface area (TPSA) is 49.9 Å². The van der Waals surface area contributed by atoms with Crippen molar-refractivity contribution in [3.05, 3.63) is 65.7 Å². The lowest BCUT2D eigenvalue weighted by Gasteiger charge is -2.47. The molecule has 0 aliphatic carbocycles. The molecule has 1 saturated heterocycles. The number of carbonyl (C=O) groups excluding carboxylic acids is 2. The van der Waals surface area contributed by atoms with E-state index in [0.29, 0.717) is 25.9 Å². The number of rotatable bonds is 4. The number of benzene rings is 2. The molecule has 0 radical (unpaired) electrons. The average molecular weight is 407 g/mol. The molecule has 2 aromatic carbocycles. The molecule has 4 rings (SSSR count). The van der Waals surface area contributed by atoms with Crippen LogP contribution in [0.5, 0.6) is 5.75 Å². The summed E-state index contributed by atoms with van der Waals surface area (Å²) in [4.78, 5) is 28.8. The van der Waals surface area contributed by atoms with Gasteiger partial charge in [0.05, 0.1) is 6.42 Å². The van der Waals surface area contributed by atoms with Crippen molar-refractivity contribution in [2.24, 2.45) is 0 Å². The van der Waals surface area contributed by atoms with Gasteiger partial charge in [-0.3, -0.25) is 9.59 Å². The van der Waals surface area contributed by atoms with E-state index in [1.165, 1.54) is 0 Å². The maximum atomic E-state index is 12.8. The van der Waals surface area contributed by atoms with Crippen LogP contribution in [0.1, 0.15) is 42.7 Å². The molecule has 5 nitrogen and oxygen atoms in total. The van der Waals surface area contributed by atoms with E-state index in [2.05, 4.69) is 6.07 Å². The van der Waals surface area contributed by atoms with Gasteiger partial charge in [-0.15, -0.1) is 0 Å². The molecular weight excluding hydrogens is 376 g/mol. The van der Waals surface area contributed by atoms with E-state index in [0.717, 1.165) is 36.1 Å². The first-order valence-electron chi connectivity index (χ1n) is 10.8. The van der Waals surface area contributed by atoms with Crippen molar-refractivity contribution in [3.8, 4) is 5.75 Å². The molecule has 2 aromatic rings. The third-order valence-electron chi connectivity index (χ3n) is 6.45. The Balaban J connectivity index is 1.45. The van der Waals surface area contributed by atoms with E-state index in [4.69, 9.17) is 4.74 Å². The molecule has 0 aromatic heterocycles. The fraction of sp³-hybridized carbons (Fsp3) is 0.440. The lowest BCUT2D eigenvalue weighted by molar-refractivity contribution is -0.134. The Hall–Kier alpha value is -2.82. The predicted molar refractivity (Wildman–Crippen MR) is 116 cm³/mol. The molecule has 2 amide bonds. The molecule has 0 unspecified atom stereocenters. The first-order valence-corrected chi connectivity index (χ1v) is 10.8. The molecule has 1 fully saturated rings. The highest BCUT2D eigenvalue weighted by Crippen LogP contribution is 2.46. The highest BCUT2D eigenvalue weighted by Gasteiger charge is 2.44. The van der Waals surface area contributed by atoms with Gasteiger partial charge in [0.1, 0.15) is 11.4 Å². The van der Waals surface area contributed by atoms with Crippen molar-refractivity contribution >= 4 is 11.8 Å². The number of para-hydroxylation sites is 1. The molecule has 158 valence electrons. The van der Waals surface area contributed by atoms with E-state index in [1.807, 2.05) is 53.4 Å². The fourth-order valence-electron chi connectivity index (χ4n) is 4.67. The maximum absolute atomic E-state index is 12.8. The van der Waals surface area contributed by atoms with E-state index >= 15 is 0 Å². The minimum absolute atomic E-state index is 0.141. The van der Waals surface area contributed by atoms with Crippen molar-refractivity contribution in [2.45, 2.75) is 43.6 Å². The third kappa shape index (κ3) is 4.35. The summed E-state index contributed by atoms with van der Waals surface area (Å²) in [5.74, 6) is 1.36. The summed E-state index contributed by atoms with van der Waals surface area (Å²) in [5, 5.41) is 0. The Morgan fingerprint density at radius 1 is 1.03 bits per heavy atom. The molecule has 2 heterocycles. The number of likely N-dealkylation sites (tertiary alicyclic amines) is 1. The van der Waals surface area contributed by atoms with Crippen molar-refractivity contribution in [1.29, 1.82) is 0 Å². The molecule has 0 bridgehead atoms. The second kappa shape index (κ2) is 8.50. The minimum Gasteiger partial charge on any atom is -0.487 e. The molecular formula is C25H30N2O3. The Labute approximate surface area is 178 Å². The van der Waals surface area contributed by atoms with E-state index in [1.54, 1.807) is 19.0 Å². The number of hydrogen-bond acceptors (Lipinski definition) is 3. The van der Waals surface area contributed by atoms with E-state index in [-0.39, 0.29) is 23.3 Å². The molecule has 1 spiro atoms. The summed E-state index contributed by atoms with van der Waals surface area (Å²) < 4.78 is 6.52. The number of fused-ring (bicyclic) bond motifs is 1. The second-order valence-corrected chi connectivity index (χ2v) is 8.76. The summed E-state index contributed by atoms with van der Waals surface area (Å²) in [5.41, 5.74) is 1.88. The lowest BCUT2D eigenvalue weighted by atomic mass is 9.76. The fourth-order valence-corrected chi connectivity index (χ4v) is 4.67. The molecule has 0 N–H and O–H groups in total. The third-order valence-corrected chi connectivity index (χ3v) is 6.45. The summed E-state index contributed by atoms with van der Waals surface area (Å²) in [6.07, 6.45) is 3.36. The van der Waals surface area contributed by atoms with Crippen LogP contribution in [0.4, 0.5) is 0 Å². The molecule has 1 atom stereocenters. The average Bonchev–Trinajstić information content (AvgIpc) is 2.75. The number of nitrogens with zero attached hydrogens (tertiary/aromatic N) is 2. The van der Waals surface area contributed by atoms with Gasteiger partial charge in [-0.1, -0.05) is 48.5 Å². The van der Waals surface area contributed by atoms with E-state index < -0.39 is 0 Å². The summed E-state index contributed by atoms with van der Waals surface area (Å²) in [7, 11) is 3.61. The van der Waals surface area contributed by atoms with Crippen LogP contribution in [0.3, 0.4) is 0 Å². The first kappa shape index (κ1) is 20.5. The Morgan fingerprint density at radius 2 is 1.70 bits per heavy atom. The van der Waals surface area contributed by atoms with Crippen molar-refractivity contribution in [1.82, 2.24) is 9.80 Å². The van der Waals surface area contributed by atoms with Crippen LogP contribution in [0, 0.1) is 0 Å². The second-order valence-electron chi connectivity index (χ2n) is 8.76. The van der Waals surface area contributed by atoms with Gasteiger partial charge in [-0.25, -0.2) is 0 Å². The van der Waals surface area contributed by atoms with Crippen LogP contribution in [-0.4, -0.2) is 54.4 Å². The molecule has 30 heavy (non-hydrogen) atoms. The van der Waals surface area contributed by atoms with Crippen LogP contribution in [0.25, 0.3) is 0 Å². The van der Waals surface area contributed by atoms with Gasteiger partial charge >= 0.3 is 0 Å². The highest BCUT2D eigenvalue weighted by atomic mass is 16.5. The largest absolute Gasteiger partial charge is 0.487 e. The van der Waals surface area contributed by atoms with Crippen molar-refractivity contribution < 1.29 is 14.3 Å². The quantitative estimate of drug-likeness (QED) is 0.779. The molecule has 5 heteroatoms. The predicted octanol–water partition coefficient (Wildman–Crippen LogP) is 3.63. The normalized spacial score (nSPS) is 19.7. The molecule has 0 saturated carbocycles. The van der Waals surface area contributed by atoms with Crippen LogP contribution in [0.2, 0.25) is 0 Å². The Kier molecular flexibility index (Phi) is 5.80. The van der Waals surface area contributed by atoms with Crippen LogP contribution in [-0.2, 0) is 16.0 Å². The number of carbonyl (C=O) groups is 2.